The molecule has 1 unspecified atom stereocenters. The number of imide groups is 1. The minimum absolute atomic E-state index is 0.177. The molecule has 6 heterocycles. The van der Waals surface area contributed by atoms with Gasteiger partial charge in [-0.2, -0.15) is 0 Å². The van der Waals surface area contributed by atoms with E-state index in [9.17, 15) is 24.3 Å². The van der Waals surface area contributed by atoms with Gasteiger partial charge in [-0.25, -0.2) is 14.8 Å². The van der Waals surface area contributed by atoms with Crippen molar-refractivity contribution in [2.75, 3.05) is 42.9 Å². The minimum atomic E-state index is -1.21. The molecule has 0 saturated carbocycles. The third-order valence-corrected chi connectivity index (χ3v) is 12.4. The Labute approximate surface area is 316 Å². The molecule has 3 fully saturated rings. The number of aliphatic hydroxyl groups is 1. The van der Waals surface area contributed by atoms with Crippen LogP contribution in [-0.4, -0.2) is 79.6 Å². The van der Waals surface area contributed by atoms with E-state index < -0.39 is 23.5 Å². The molecule has 0 radical (unpaired) electrons. The van der Waals surface area contributed by atoms with Gasteiger partial charge in [0.15, 0.2) is 16.7 Å². The zero-order valence-corrected chi connectivity index (χ0v) is 31.9. The SMILES string of the molecule is Cc1nc(C(=O)Nc2cc3sc(N4CCC(CN5CCC(c6cccc7c6n(C)c(=O)n7C6CCC(=O)NC6=O)CC5)CC4)nc3cc2C(C)(C)O)co1. The Balaban J connectivity index is 0.895. The summed E-state index contributed by atoms with van der Waals surface area (Å²) in [6.07, 6.45) is 5.99. The molecule has 5 aromatic rings. The standard InChI is InChI=1S/C39H46N8O6S/c1-22-40-29(21-53-22)35(49)41-27-19-32-28(18-26(27)39(2,3)52)42-37(54-32)46-16-10-23(11-17-46)20-45-14-12-24(13-15-45)25-6-5-7-30-34(25)44(4)38(51)47(30)31-8-9-33(48)43-36(31)50/h5-7,18-19,21,23-24,31,52H,8-17,20H2,1-4H3,(H,41,49)(H,43,48,50). The summed E-state index contributed by atoms with van der Waals surface area (Å²) in [5.41, 5.74) is 3.41. The zero-order valence-electron chi connectivity index (χ0n) is 31.1. The van der Waals surface area contributed by atoms with Crippen LogP contribution in [0.1, 0.15) is 91.8 Å². The normalized spacial score (nSPS) is 19.6. The Bertz CT molecular complexity index is 2320. The second-order valence-corrected chi connectivity index (χ2v) is 16.5. The van der Waals surface area contributed by atoms with Crippen LogP contribution in [0, 0.1) is 12.8 Å². The molecule has 0 aliphatic carbocycles. The topological polar surface area (TPSA) is 168 Å². The number of likely N-dealkylation sites (tertiary alicyclic amines) is 1. The van der Waals surface area contributed by atoms with E-state index in [1.165, 1.54) is 6.26 Å². The fraction of sp³-hybridized carbons (Fsp3) is 0.487. The number of oxazole rings is 1. The Hall–Kier alpha value is -4.86. The summed E-state index contributed by atoms with van der Waals surface area (Å²) in [5.74, 6) is 0.187. The summed E-state index contributed by atoms with van der Waals surface area (Å²) in [4.78, 5) is 64.9. The second kappa shape index (κ2) is 14.1. The maximum atomic E-state index is 13.4. The van der Waals surface area contributed by atoms with Gasteiger partial charge in [-0.1, -0.05) is 23.5 Å². The maximum Gasteiger partial charge on any atom is 0.329 e. The average Bonchev–Trinajstić information content (AvgIpc) is 3.84. The molecule has 1 atom stereocenters. The number of aryl methyl sites for hydroxylation is 2. The molecule has 14 nitrogen and oxygen atoms in total. The first-order valence-corrected chi connectivity index (χ1v) is 19.6. The summed E-state index contributed by atoms with van der Waals surface area (Å²) in [7, 11) is 1.78. The number of fused-ring (bicyclic) bond motifs is 2. The van der Waals surface area contributed by atoms with Crippen molar-refractivity contribution in [1.82, 2.24) is 29.3 Å². The molecule has 8 rings (SSSR count). The number of carbonyl (C=O) groups is 3. The highest BCUT2D eigenvalue weighted by atomic mass is 32.1. The number of carbonyl (C=O) groups excluding carboxylic acids is 3. The van der Waals surface area contributed by atoms with Crippen molar-refractivity contribution in [3.05, 3.63) is 69.8 Å². The van der Waals surface area contributed by atoms with E-state index in [1.54, 1.807) is 48.3 Å². The first-order valence-electron chi connectivity index (χ1n) is 18.8. The highest BCUT2D eigenvalue weighted by molar-refractivity contribution is 7.22. The smallest absolute Gasteiger partial charge is 0.329 e. The highest BCUT2D eigenvalue weighted by Gasteiger charge is 2.33. The van der Waals surface area contributed by atoms with E-state index in [0.29, 0.717) is 35.4 Å². The predicted octanol–water partition coefficient (Wildman–Crippen LogP) is 4.80. The average molecular weight is 755 g/mol. The van der Waals surface area contributed by atoms with E-state index in [-0.39, 0.29) is 23.7 Å². The van der Waals surface area contributed by atoms with E-state index in [1.807, 2.05) is 24.3 Å². The van der Waals surface area contributed by atoms with Gasteiger partial charge in [0.05, 0.1) is 26.9 Å². The molecular weight excluding hydrogens is 709 g/mol. The van der Waals surface area contributed by atoms with Gasteiger partial charge in [0, 0.05) is 51.3 Å². The Kier molecular flexibility index (Phi) is 9.43. The van der Waals surface area contributed by atoms with Crippen LogP contribution < -0.4 is 21.2 Å². The molecule has 3 N–H and O–H groups in total. The lowest BCUT2D eigenvalue weighted by atomic mass is 9.87. The number of anilines is 2. The number of para-hydroxylation sites is 1. The number of nitrogens with zero attached hydrogens (tertiary/aromatic N) is 6. The number of hydrogen-bond donors (Lipinski definition) is 3. The Morgan fingerprint density at radius 3 is 2.50 bits per heavy atom. The monoisotopic (exact) mass is 754 g/mol. The highest BCUT2D eigenvalue weighted by Crippen LogP contribution is 2.39. The largest absolute Gasteiger partial charge is 0.448 e. The van der Waals surface area contributed by atoms with Crippen molar-refractivity contribution in [2.45, 2.75) is 76.9 Å². The molecule has 3 aliphatic rings. The maximum absolute atomic E-state index is 13.4. The summed E-state index contributed by atoms with van der Waals surface area (Å²) in [6.45, 7) is 9.91. The van der Waals surface area contributed by atoms with Gasteiger partial charge >= 0.3 is 5.69 Å². The molecule has 0 bridgehead atoms. The molecule has 0 spiro atoms. The number of benzene rings is 2. The van der Waals surface area contributed by atoms with Gasteiger partial charge < -0.3 is 24.6 Å². The summed E-state index contributed by atoms with van der Waals surface area (Å²) < 4.78 is 9.38. The van der Waals surface area contributed by atoms with Crippen molar-refractivity contribution in [1.29, 1.82) is 0 Å². The van der Waals surface area contributed by atoms with Crippen LogP contribution in [0.5, 0.6) is 0 Å². The molecule has 3 amide bonds. The number of amides is 3. The van der Waals surface area contributed by atoms with Crippen molar-refractivity contribution in [2.24, 2.45) is 13.0 Å². The summed E-state index contributed by atoms with van der Waals surface area (Å²) >= 11 is 1.59. The molecule has 15 heteroatoms. The van der Waals surface area contributed by atoms with E-state index >= 15 is 0 Å². The van der Waals surface area contributed by atoms with Gasteiger partial charge in [-0.15, -0.1) is 0 Å². The van der Waals surface area contributed by atoms with Gasteiger partial charge in [0.2, 0.25) is 11.8 Å². The summed E-state index contributed by atoms with van der Waals surface area (Å²) in [5, 5.41) is 17.2. The van der Waals surface area contributed by atoms with Crippen LogP contribution in [0.2, 0.25) is 0 Å². The van der Waals surface area contributed by atoms with Crippen molar-refractivity contribution < 1.29 is 23.9 Å². The first-order chi connectivity index (χ1) is 25.8. The van der Waals surface area contributed by atoms with E-state index in [4.69, 9.17) is 9.40 Å². The van der Waals surface area contributed by atoms with Gasteiger partial charge in [0.25, 0.3) is 5.91 Å². The zero-order chi connectivity index (χ0) is 37.9. The van der Waals surface area contributed by atoms with Crippen LogP contribution >= 0.6 is 11.3 Å². The fourth-order valence-corrected chi connectivity index (χ4v) is 9.53. The van der Waals surface area contributed by atoms with E-state index in [2.05, 4.69) is 31.5 Å². The minimum Gasteiger partial charge on any atom is -0.448 e. The number of nitrogens with one attached hydrogen (secondary N) is 2. The number of hydrogen-bond acceptors (Lipinski definition) is 11. The molecule has 3 aliphatic heterocycles. The number of imidazole rings is 1. The molecule has 2 aromatic carbocycles. The molecule has 3 saturated heterocycles. The lowest BCUT2D eigenvalue weighted by Gasteiger charge is -2.38. The molecule has 284 valence electrons. The quantitative estimate of drug-likeness (QED) is 0.187. The van der Waals surface area contributed by atoms with Crippen LogP contribution in [-0.2, 0) is 22.2 Å². The van der Waals surface area contributed by atoms with E-state index in [0.717, 1.165) is 90.4 Å². The van der Waals surface area contributed by atoms with Crippen LogP contribution in [0.3, 0.4) is 0 Å². The lowest BCUT2D eigenvalue weighted by Crippen LogP contribution is -2.44. The van der Waals surface area contributed by atoms with Gasteiger partial charge in [0.1, 0.15) is 12.3 Å². The van der Waals surface area contributed by atoms with Crippen molar-refractivity contribution in [3.63, 3.8) is 0 Å². The van der Waals surface area contributed by atoms with Gasteiger partial charge in [-0.3, -0.25) is 28.8 Å². The number of aromatic nitrogens is 4. The second-order valence-electron chi connectivity index (χ2n) is 15.5. The van der Waals surface area contributed by atoms with Crippen molar-refractivity contribution in [3.8, 4) is 0 Å². The molecule has 54 heavy (non-hydrogen) atoms. The van der Waals surface area contributed by atoms with Crippen LogP contribution in [0.4, 0.5) is 10.8 Å². The predicted molar refractivity (Wildman–Crippen MR) is 206 cm³/mol. The third-order valence-electron chi connectivity index (χ3n) is 11.4. The lowest BCUT2D eigenvalue weighted by molar-refractivity contribution is -0.135. The number of thiazole rings is 1. The molecular formula is C39H46N8O6S. The number of piperidine rings is 3. The first kappa shape index (κ1) is 36.1. The van der Waals surface area contributed by atoms with Gasteiger partial charge in [-0.05, 0) is 94.6 Å². The molecule has 3 aromatic heterocycles. The summed E-state index contributed by atoms with van der Waals surface area (Å²) in [6, 6.07) is 9.08. The third kappa shape index (κ3) is 6.84. The van der Waals surface area contributed by atoms with Crippen LogP contribution in [0.25, 0.3) is 21.3 Å². The number of rotatable bonds is 8. The van der Waals surface area contributed by atoms with Crippen LogP contribution in [0.15, 0.2) is 45.8 Å². The Morgan fingerprint density at radius 1 is 1.06 bits per heavy atom. The van der Waals surface area contributed by atoms with Crippen molar-refractivity contribution >= 4 is 61.1 Å². The fourth-order valence-electron chi connectivity index (χ4n) is 8.49. The Morgan fingerprint density at radius 2 is 1.81 bits per heavy atom.